The van der Waals surface area contributed by atoms with Crippen molar-refractivity contribution >= 4 is 57.9 Å². The molecule has 0 saturated carbocycles. The Balaban J connectivity index is -0.000000267. The number of thiocarbonyl (C=S) groups is 3. The van der Waals surface area contributed by atoms with Crippen LogP contribution < -0.4 is 24.2 Å². The zero-order chi connectivity index (χ0) is 15.4. The Labute approximate surface area is 169 Å². The third kappa shape index (κ3) is 15.7. The van der Waals surface area contributed by atoms with Crippen LogP contribution in [0.5, 0.6) is 0 Å². The SMILES string of the molecule is C.CN1CCN(C(=S)[S-])CC1.CN1CCNCC1.S=C=S.[Li+]. The quantitative estimate of drug-likeness (QED) is 0.302. The van der Waals surface area contributed by atoms with Gasteiger partial charge in [0.2, 0.25) is 0 Å². The van der Waals surface area contributed by atoms with Gasteiger partial charge in [0, 0.05) is 56.7 Å². The molecule has 124 valence electrons. The number of rotatable bonds is 0. The Morgan fingerprint density at radius 3 is 1.59 bits per heavy atom. The van der Waals surface area contributed by atoms with Crippen LogP contribution in [-0.4, -0.2) is 89.8 Å². The minimum Gasteiger partial charge on any atom is -0.411 e. The predicted molar refractivity (Wildman–Crippen MR) is 106 cm³/mol. The summed E-state index contributed by atoms with van der Waals surface area (Å²) in [5, 5.41) is 3.27. The summed E-state index contributed by atoms with van der Waals surface area (Å²) < 4.78 is 2.54. The Morgan fingerprint density at radius 1 is 0.955 bits per heavy atom. The van der Waals surface area contributed by atoms with Crippen molar-refractivity contribution in [2.24, 2.45) is 0 Å². The summed E-state index contributed by atoms with van der Waals surface area (Å²) in [5.41, 5.74) is 0. The van der Waals surface area contributed by atoms with Crippen molar-refractivity contribution in [3.05, 3.63) is 0 Å². The Morgan fingerprint density at radius 2 is 1.32 bits per heavy atom. The molecule has 0 atom stereocenters. The first-order valence-electron chi connectivity index (χ1n) is 6.54. The molecule has 0 amide bonds. The third-order valence-corrected chi connectivity index (χ3v) is 3.62. The molecule has 4 nitrogen and oxygen atoms in total. The molecule has 0 bridgehead atoms. The minimum atomic E-state index is 0. The molecule has 2 saturated heterocycles. The zero-order valence-corrected chi connectivity index (χ0v) is 16.4. The van der Waals surface area contributed by atoms with E-state index in [-0.39, 0.29) is 26.3 Å². The van der Waals surface area contributed by atoms with Gasteiger partial charge in [0.1, 0.15) is 0 Å². The molecule has 22 heavy (non-hydrogen) atoms. The summed E-state index contributed by atoms with van der Waals surface area (Å²) in [5.74, 6) is 0. The topological polar surface area (TPSA) is 21.8 Å². The maximum atomic E-state index is 4.88. The van der Waals surface area contributed by atoms with E-state index in [4.69, 9.17) is 24.8 Å². The van der Waals surface area contributed by atoms with Crippen LogP contribution in [0.2, 0.25) is 0 Å². The van der Waals surface area contributed by atoms with Crippen LogP contribution in [0.3, 0.4) is 0 Å². The summed E-state index contributed by atoms with van der Waals surface area (Å²) in [7, 11) is 4.27. The second kappa shape index (κ2) is 18.2. The van der Waals surface area contributed by atoms with Gasteiger partial charge in [0.25, 0.3) is 0 Å². The smallest absolute Gasteiger partial charge is 0.411 e. The molecular weight excluding hydrogens is 347 g/mol. The van der Waals surface area contributed by atoms with E-state index in [1.807, 2.05) is 4.31 Å². The number of hydrogen-bond acceptors (Lipinski definition) is 7. The summed E-state index contributed by atoms with van der Waals surface area (Å²) in [4.78, 5) is 6.69. The van der Waals surface area contributed by atoms with E-state index in [0.29, 0.717) is 4.32 Å². The zero-order valence-electron chi connectivity index (χ0n) is 13.1. The first kappa shape index (κ1) is 27.6. The van der Waals surface area contributed by atoms with Gasteiger partial charge in [-0.2, -0.15) is 0 Å². The molecule has 0 spiro atoms. The average Bonchev–Trinajstić information content (AvgIpc) is 2.41. The summed E-state index contributed by atoms with van der Waals surface area (Å²) >= 11 is 17.7. The fourth-order valence-corrected chi connectivity index (χ4v) is 2.13. The van der Waals surface area contributed by atoms with Gasteiger partial charge in [-0.3, -0.25) is 0 Å². The first-order chi connectivity index (χ1) is 9.51. The van der Waals surface area contributed by atoms with Crippen molar-refractivity contribution < 1.29 is 18.9 Å². The van der Waals surface area contributed by atoms with Gasteiger partial charge in [-0.15, -0.1) is 0 Å². The Hall–Kier alpha value is 0.807. The standard InChI is InChI=1S/C6H12N2S2.C5H12N2.CS2.CH4.Li/c1-7-2-4-8(5-3-7)6(9)10;1-7-4-2-6-3-5-7;2-1-3;;/h2-5H2,1H3,(H,9,10);6H,2-5H2,1H3;;1H4;/q;;;;+1/p-1. The molecular formula is C13H27LiN4S4. The van der Waals surface area contributed by atoms with Crippen molar-refractivity contribution in [3.8, 4) is 0 Å². The van der Waals surface area contributed by atoms with E-state index in [1.54, 1.807) is 0 Å². The molecule has 2 fully saturated rings. The largest absolute Gasteiger partial charge is 1.00 e. The van der Waals surface area contributed by atoms with Gasteiger partial charge in [0.05, 0.1) is 0 Å². The molecule has 2 aliphatic heterocycles. The second-order valence-electron chi connectivity index (χ2n) is 4.69. The summed E-state index contributed by atoms with van der Waals surface area (Å²) in [6, 6.07) is 0. The number of hydrogen-bond donors (Lipinski definition) is 1. The van der Waals surface area contributed by atoms with Crippen LogP contribution in [0.25, 0.3) is 0 Å². The van der Waals surface area contributed by atoms with E-state index in [0.717, 1.165) is 39.3 Å². The molecule has 0 aromatic heterocycles. The molecule has 0 radical (unpaired) electrons. The van der Waals surface area contributed by atoms with Gasteiger partial charge in [0.15, 0.2) is 0 Å². The first-order valence-corrected chi connectivity index (χ1v) is 8.17. The Kier molecular flexibility index (Phi) is 22.8. The third-order valence-electron chi connectivity index (χ3n) is 3.10. The average molecular weight is 375 g/mol. The fraction of sp³-hybridized carbons (Fsp3) is 0.846. The van der Waals surface area contributed by atoms with Crippen molar-refractivity contribution in [2.45, 2.75) is 7.43 Å². The summed E-state index contributed by atoms with van der Waals surface area (Å²) in [6.07, 6.45) is 0. The molecule has 0 aliphatic carbocycles. The molecule has 0 aromatic carbocycles. The van der Waals surface area contributed by atoms with Gasteiger partial charge in [-0.05, 0) is 38.5 Å². The van der Waals surface area contributed by atoms with Crippen LogP contribution in [0.15, 0.2) is 0 Å². The molecule has 2 heterocycles. The summed E-state index contributed by atoms with van der Waals surface area (Å²) in [6.45, 7) is 8.90. The van der Waals surface area contributed by atoms with E-state index in [1.165, 1.54) is 13.1 Å². The second-order valence-corrected chi connectivity index (χ2v) is 6.39. The predicted octanol–water partition coefficient (Wildman–Crippen LogP) is -1.75. The van der Waals surface area contributed by atoms with Gasteiger partial charge in [-0.1, -0.05) is 11.7 Å². The van der Waals surface area contributed by atoms with Crippen LogP contribution in [-0.2, 0) is 12.6 Å². The van der Waals surface area contributed by atoms with E-state index in [2.05, 4.69) is 58.5 Å². The van der Waals surface area contributed by atoms with Crippen LogP contribution >= 0.6 is 36.7 Å². The molecule has 2 rings (SSSR count). The van der Waals surface area contributed by atoms with Crippen LogP contribution in [0, 0.1) is 0 Å². The maximum absolute atomic E-state index is 4.88. The number of likely N-dealkylation sites (N-methyl/N-ethyl adjacent to an activating group) is 2. The normalized spacial score (nSPS) is 18.0. The minimum absolute atomic E-state index is 0. The van der Waals surface area contributed by atoms with E-state index in [9.17, 15) is 0 Å². The number of nitrogens with zero attached hydrogens (tertiary/aromatic N) is 3. The van der Waals surface area contributed by atoms with Crippen LogP contribution in [0.1, 0.15) is 7.43 Å². The van der Waals surface area contributed by atoms with Crippen molar-refractivity contribution in [2.75, 3.05) is 66.5 Å². The monoisotopic (exact) mass is 374 g/mol. The molecule has 9 heteroatoms. The van der Waals surface area contributed by atoms with E-state index >= 15 is 0 Å². The molecule has 0 unspecified atom stereocenters. The van der Waals surface area contributed by atoms with Crippen molar-refractivity contribution in [3.63, 3.8) is 0 Å². The molecule has 0 aromatic rings. The van der Waals surface area contributed by atoms with Gasteiger partial charge >= 0.3 is 18.9 Å². The van der Waals surface area contributed by atoms with E-state index < -0.39 is 0 Å². The maximum Gasteiger partial charge on any atom is 1.00 e. The Bertz CT molecular complexity index is 300. The number of nitrogens with one attached hydrogen (secondary N) is 1. The number of piperazine rings is 2. The molecule has 1 N–H and O–H groups in total. The van der Waals surface area contributed by atoms with Crippen molar-refractivity contribution in [1.82, 2.24) is 20.0 Å². The van der Waals surface area contributed by atoms with Gasteiger partial charge in [-0.25, -0.2) is 0 Å². The van der Waals surface area contributed by atoms with Crippen molar-refractivity contribution in [1.29, 1.82) is 0 Å². The van der Waals surface area contributed by atoms with Gasteiger partial charge < -0.3 is 44.9 Å². The molecule has 2 aliphatic rings. The van der Waals surface area contributed by atoms with Crippen LogP contribution in [0.4, 0.5) is 0 Å². The fourth-order valence-electron chi connectivity index (χ4n) is 1.77.